The lowest BCUT2D eigenvalue weighted by Gasteiger charge is -2.11. The van der Waals surface area contributed by atoms with Crippen LogP contribution in [0, 0.1) is 11.8 Å². The van der Waals surface area contributed by atoms with E-state index in [0.29, 0.717) is 17.1 Å². The van der Waals surface area contributed by atoms with E-state index in [1.807, 2.05) is 66.7 Å². The van der Waals surface area contributed by atoms with Crippen molar-refractivity contribution in [3.05, 3.63) is 83.9 Å². The van der Waals surface area contributed by atoms with Gasteiger partial charge in [0.1, 0.15) is 0 Å². The standard InChI is InChI=1S/C23H18O3/c1-25-22-15-13-18(16-23(22)26-2)19-10-6-7-11-20(19)21(24)14-12-17-8-4-3-5-9-17/h3-11,13,15-16H,1-2H3. The third-order valence-corrected chi connectivity index (χ3v) is 3.96. The zero-order valence-electron chi connectivity index (χ0n) is 14.7. The molecule has 0 aliphatic carbocycles. The Morgan fingerprint density at radius 2 is 1.50 bits per heavy atom. The van der Waals surface area contributed by atoms with Gasteiger partial charge in [-0.15, -0.1) is 0 Å². The lowest BCUT2D eigenvalue weighted by atomic mass is 9.96. The maximum atomic E-state index is 12.7. The Bertz CT molecular complexity index is 979. The molecule has 0 amide bonds. The first kappa shape index (κ1) is 17.3. The Balaban J connectivity index is 1.99. The fourth-order valence-electron chi connectivity index (χ4n) is 2.65. The molecular weight excluding hydrogens is 324 g/mol. The molecule has 3 nitrogen and oxygen atoms in total. The summed E-state index contributed by atoms with van der Waals surface area (Å²) in [4.78, 5) is 12.7. The zero-order valence-corrected chi connectivity index (χ0v) is 14.7. The molecule has 26 heavy (non-hydrogen) atoms. The van der Waals surface area contributed by atoms with Crippen LogP contribution in [0.1, 0.15) is 15.9 Å². The second kappa shape index (κ2) is 8.04. The topological polar surface area (TPSA) is 35.5 Å². The monoisotopic (exact) mass is 342 g/mol. The highest BCUT2D eigenvalue weighted by molar-refractivity contribution is 6.13. The first-order chi connectivity index (χ1) is 12.7. The van der Waals surface area contributed by atoms with Gasteiger partial charge in [-0.3, -0.25) is 4.79 Å². The number of methoxy groups -OCH3 is 2. The van der Waals surface area contributed by atoms with Gasteiger partial charge in [-0.2, -0.15) is 0 Å². The van der Waals surface area contributed by atoms with E-state index in [2.05, 4.69) is 11.8 Å². The third-order valence-electron chi connectivity index (χ3n) is 3.96. The number of carbonyl (C=O) groups excluding carboxylic acids is 1. The van der Waals surface area contributed by atoms with Gasteiger partial charge < -0.3 is 9.47 Å². The number of ketones is 1. The van der Waals surface area contributed by atoms with Gasteiger partial charge in [-0.25, -0.2) is 0 Å². The summed E-state index contributed by atoms with van der Waals surface area (Å²) in [6.45, 7) is 0. The van der Waals surface area contributed by atoms with Crippen LogP contribution in [0.5, 0.6) is 11.5 Å². The summed E-state index contributed by atoms with van der Waals surface area (Å²) < 4.78 is 10.6. The summed E-state index contributed by atoms with van der Waals surface area (Å²) >= 11 is 0. The van der Waals surface area contributed by atoms with Crippen molar-refractivity contribution in [1.29, 1.82) is 0 Å². The van der Waals surface area contributed by atoms with Crippen molar-refractivity contribution in [1.82, 2.24) is 0 Å². The molecule has 0 saturated heterocycles. The Morgan fingerprint density at radius 1 is 0.808 bits per heavy atom. The van der Waals surface area contributed by atoms with Crippen LogP contribution in [-0.2, 0) is 0 Å². The predicted octanol–water partition coefficient (Wildman–Crippen LogP) is 4.61. The van der Waals surface area contributed by atoms with Crippen LogP contribution in [0.4, 0.5) is 0 Å². The largest absolute Gasteiger partial charge is 0.493 e. The average molecular weight is 342 g/mol. The fourth-order valence-corrected chi connectivity index (χ4v) is 2.65. The molecule has 0 heterocycles. The van der Waals surface area contributed by atoms with Gasteiger partial charge in [0.2, 0.25) is 5.78 Å². The van der Waals surface area contributed by atoms with Crippen LogP contribution in [0.15, 0.2) is 72.8 Å². The Labute approximate surface area is 153 Å². The number of hydrogen-bond acceptors (Lipinski definition) is 3. The van der Waals surface area contributed by atoms with Gasteiger partial charge >= 0.3 is 0 Å². The summed E-state index contributed by atoms with van der Waals surface area (Å²) in [5.74, 6) is 6.68. The van der Waals surface area contributed by atoms with Gasteiger partial charge in [0, 0.05) is 11.1 Å². The summed E-state index contributed by atoms with van der Waals surface area (Å²) in [5, 5.41) is 0. The molecule has 128 valence electrons. The van der Waals surface area contributed by atoms with E-state index in [-0.39, 0.29) is 5.78 Å². The molecule has 0 unspecified atom stereocenters. The molecule has 0 fully saturated rings. The Hall–Kier alpha value is -3.51. The molecule has 3 rings (SSSR count). The van der Waals surface area contributed by atoms with Gasteiger partial charge in [0.25, 0.3) is 0 Å². The second-order valence-electron chi connectivity index (χ2n) is 5.56. The average Bonchev–Trinajstić information content (AvgIpc) is 2.72. The first-order valence-electron chi connectivity index (χ1n) is 8.15. The van der Waals surface area contributed by atoms with E-state index in [4.69, 9.17) is 9.47 Å². The van der Waals surface area contributed by atoms with Crippen molar-refractivity contribution < 1.29 is 14.3 Å². The van der Waals surface area contributed by atoms with Crippen molar-refractivity contribution in [2.45, 2.75) is 0 Å². The molecule has 0 atom stereocenters. The van der Waals surface area contributed by atoms with Gasteiger partial charge in [0.05, 0.1) is 14.2 Å². The van der Waals surface area contributed by atoms with Crippen LogP contribution < -0.4 is 9.47 Å². The van der Waals surface area contributed by atoms with Gasteiger partial charge in [0.15, 0.2) is 11.5 Å². The molecule has 0 aliphatic heterocycles. The lowest BCUT2D eigenvalue weighted by molar-refractivity contribution is 0.105. The first-order valence-corrected chi connectivity index (χ1v) is 8.15. The minimum Gasteiger partial charge on any atom is -0.493 e. The molecular formula is C23H18O3. The number of Topliss-reactive ketones (excluding diaryl/α,β-unsaturated/α-hetero) is 1. The zero-order chi connectivity index (χ0) is 18.4. The fraction of sp³-hybridized carbons (Fsp3) is 0.0870. The predicted molar refractivity (Wildman–Crippen MR) is 103 cm³/mol. The number of rotatable bonds is 4. The van der Waals surface area contributed by atoms with E-state index < -0.39 is 0 Å². The van der Waals surface area contributed by atoms with Crippen LogP contribution in [0.3, 0.4) is 0 Å². The van der Waals surface area contributed by atoms with Crippen LogP contribution >= 0.6 is 0 Å². The molecule has 0 spiro atoms. The molecule has 3 aromatic rings. The summed E-state index contributed by atoms with van der Waals surface area (Å²) in [6, 6.07) is 22.5. The minimum atomic E-state index is -0.223. The van der Waals surface area contributed by atoms with E-state index in [9.17, 15) is 4.79 Å². The Morgan fingerprint density at radius 3 is 2.23 bits per heavy atom. The number of ether oxygens (including phenoxy) is 2. The quantitative estimate of drug-likeness (QED) is 0.513. The van der Waals surface area contributed by atoms with Crippen molar-refractivity contribution in [2.24, 2.45) is 0 Å². The van der Waals surface area contributed by atoms with E-state index in [1.54, 1.807) is 20.3 Å². The molecule has 0 N–H and O–H groups in total. The van der Waals surface area contributed by atoms with Gasteiger partial charge in [-0.1, -0.05) is 48.4 Å². The smallest absolute Gasteiger partial charge is 0.236 e. The SMILES string of the molecule is COc1ccc(-c2ccccc2C(=O)C#Cc2ccccc2)cc1OC. The van der Waals surface area contributed by atoms with Crippen LogP contribution in [0.2, 0.25) is 0 Å². The minimum absolute atomic E-state index is 0.223. The Kier molecular flexibility index (Phi) is 5.36. The molecule has 0 radical (unpaired) electrons. The molecule has 0 aliphatic rings. The third kappa shape index (κ3) is 3.76. The highest BCUT2D eigenvalue weighted by atomic mass is 16.5. The summed E-state index contributed by atoms with van der Waals surface area (Å²) in [6.07, 6.45) is 0. The summed E-state index contributed by atoms with van der Waals surface area (Å²) in [7, 11) is 3.18. The second-order valence-corrected chi connectivity index (χ2v) is 5.56. The van der Waals surface area contributed by atoms with E-state index in [0.717, 1.165) is 16.7 Å². The van der Waals surface area contributed by atoms with Crippen molar-refractivity contribution in [3.8, 4) is 34.5 Å². The van der Waals surface area contributed by atoms with Gasteiger partial charge in [-0.05, 0) is 47.4 Å². The van der Waals surface area contributed by atoms with Crippen LogP contribution in [0.25, 0.3) is 11.1 Å². The van der Waals surface area contributed by atoms with E-state index >= 15 is 0 Å². The highest BCUT2D eigenvalue weighted by Crippen LogP contribution is 2.33. The summed E-state index contributed by atoms with van der Waals surface area (Å²) in [5.41, 5.74) is 3.04. The maximum absolute atomic E-state index is 12.7. The van der Waals surface area contributed by atoms with Crippen molar-refractivity contribution in [3.63, 3.8) is 0 Å². The van der Waals surface area contributed by atoms with E-state index in [1.165, 1.54) is 0 Å². The molecule has 0 aromatic heterocycles. The van der Waals surface area contributed by atoms with Crippen LogP contribution in [-0.4, -0.2) is 20.0 Å². The maximum Gasteiger partial charge on any atom is 0.236 e. The lowest BCUT2D eigenvalue weighted by Crippen LogP contribution is -1.99. The molecule has 3 aromatic carbocycles. The number of benzene rings is 3. The normalized spacial score (nSPS) is 9.77. The number of carbonyl (C=O) groups is 1. The van der Waals surface area contributed by atoms with Crippen molar-refractivity contribution in [2.75, 3.05) is 14.2 Å². The van der Waals surface area contributed by atoms with Crippen molar-refractivity contribution >= 4 is 5.78 Å². The molecule has 0 saturated carbocycles. The highest BCUT2D eigenvalue weighted by Gasteiger charge is 2.13. The molecule has 3 heteroatoms. The molecule has 0 bridgehead atoms. The number of hydrogen-bond donors (Lipinski definition) is 0.